The van der Waals surface area contributed by atoms with Gasteiger partial charge in [0, 0.05) is 16.8 Å². The van der Waals surface area contributed by atoms with Crippen LogP contribution in [0.4, 0.5) is 13.2 Å². The van der Waals surface area contributed by atoms with Crippen molar-refractivity contribution in [3.05, 3.63) is 112 Å². The molecule has 0 aliphatic rings. The second-order valence-electron chi connectivity index (χ2n) is 9.07. The molecule has 5 aromatic rings. The number of amides is 1. The fraction of sp³-hybridized carbons (Fsp3) is 0.185. The van der Waals surface area contributed by atoms with Gasteiger partial charge in [0.25, 0.3) is 5.91 Å². The fourth-order valence-corrected chi connectivity index (χ4v) is 4.18. The quantitative estimate of drug-likeness (QED) is 0.266. The summed E-state index contributed by atoms with van der Waals surface area (Å²) in [4.78, 5) is 34.5. The highest BCUT2D eigenvalue weighted by atomic mass is 35.5. The Balaban J connectivity index is 1.41. The number of pyridine rings is 1. The molecule has 5 rings (SSSR count). The lowest BCUT2D eigenvalue weighted by Crippen LogP contribution is -2.37. The number of aliphatic hydroxyl groups is 1. The van der Waals surface area contributed by atoms with Crippen LogP contribution in [0.2, 0.25) is 5.02 Å². The molecule has 1 amide bonds. The van der Waals surface area contributed by atoms with Gasteiger partial charge in [-0.05, 0) is 48.5 Å². The second-order valence-corrected chi connectivity index (χ2v) is 9.50. The molecule has 1 unspecified atom stereocenters. The lowest BCUT2D eigenvalue weighted by Gasteiger charge is -2.15. The van der Waals surface area contributed by atoms with Gasteiger partial charge in [-0.15, -0.1) is 10.2 Å². The van der Waals surface area contributed by atoms with E-state index in [1.165, 1.54) is 35.3 Å². The molecule has 2 N–H and O–H groups in total. The smallest absolute Gasteiger partial charge is 0.382 e. The molecule has 0 aliphatic heterocycles. The Morgan fingerprint density at radius 3 is 2.45 bits per heavy atom. The van der Waals surface area contributed by atoms with E-state index in [2.05, 4.69) is 25.5 Å². The number of aliphatic hydroxyl groups excluding tert-OH is 1. The van der Waals surface area contributed by atoms with Crippen molar-refractivity contribution in [3.63, 3.8) is 0 Å². The third kappa shape index (κ3) is 6.39. The Morgan fingerprint density at radius 2 is 1.74 bits per heavy atom. The van der Waals surface area contributed by atoms with Gasteiger partial charge in [0.15, 0.2) is 17.8 Å². The highest BCUT2D eigenvalue weighted by molar-refractivity contribution is 6.30. The van der Waals surface area contributed by atoms with Crippen molar-refractivity contribution in [2.75, 3.05) is 0 Å². The summed E-state index contributed by atoms with van der Waals surface area (Å²) in [6.07, 6.45) is -4.78. The van der Waals surface area contributed by atoms with E-state index in [1.54, 1.807) is 42.6 Å². The number of nitrogens with zero attached hydrogens (tertiary/aromatic N) is 7. The van der Waals surface area contributed by atoms with Gasteiger partial charge in [0.05, 0.1) is 30.0 Å². The predicted octanol–water partition coefficient (Wildman–Crippen LogP) is 3.24. The molecular formula is C27H22ClF3N8O3. The summed E-state index contributed by atoms with van der Waals surface area (Å²) in [5.74, 6) is -0.377. The Hall–Kier alpha value is -4.82. The highest BCUT2D eigenvalue weighted by Gasteiger charge is 2.39. The molecule has 15 heteroatoms. The van der Waals surface area contributed by atoms with Crippen molar-refractivity contribution in [2.45, 2.75) is 31.9 Å². The van der Waals surface area contributed by atoms with Crippen LogP contribution >= 0.6 is 11.6 Å². The third-order valence-electron chi connectivity index (χ3n) is 6.14. The van der Waals surface area contributed by atoms with E-state index in [0.717, 1.165) is 9.25 Å². The number of halogens is 4. The molecule has 3 heterocycles. The maximum absolute atomic E-state index is 13.1. The number of nitrogens with one attached hydrogen (secondary N) is 1. The SMILES string of the molecule is O=C(NCc1ccccn1)c1ccccc1-n1cnc(Cn2nc(-c3ccc(Cl)cc3)n(CC(O)C(F)(F)F)c2=O)n1. The first-order valence-corrected chi connectivity index (χ1v) is 12.8. The number of carbonyl (C=O) groups is 1. The zero-order chi connectivity index (χ0) is 29.9. The molecule has 0 bridgehead atoms. The number of alkyl halides is 3. The van der Waals surface area contributed by atoms with Gasteiger partial charge in [-0.3, -0.25) is 14.3 Å². The number of hydrogen-bond donors (Lipinski definition) is 2. The van der Waals surface area contributed by atoms with Crippen LogP contribution in [0.1, 0.15) is 21.9 Å². The molecule has 0 saturated carbocycles. The third-order valence-corrected chi connectivity index (χ3v) is 6.39. The minimum absolute atomic E-state index is 0.101. The summed E-state index contributed by atoms with van der Waals surface area (Å²) in [6, 6.07) is 18.0. The average Bonchev–Trinajstić information content (AvgIpc) is 3.57. The van der Waals surface area contributed by atoms with Crippen LogP contribution in [0.25, 0.3) is 17.1 Å². The molecule has 0 radical (unpaired) electrons. The van der Waals surface area contributed by atoms with Gasteiger partial charge in [0.1, 0.15) is 12.9 Å². The van der Waals surface area contributed by atoms with Crippen LogP contribution in [0.5, 0.6) is 0 Å². The van der Waals surface area contributed by atoms with Crippen molar-refractivity contribution in [2.24, 2.45) is 0 Å². The van der Waals surface area contributed by atoms with Crippen molar-refractivity contribution < 1.29 is 23.1 Å². The number of hydrogen-bond acceptors (Lipinski definition) is 7. The summed E-state index contributed by atoms with van der Waals surface area (Å²) in [5, 5.41) is 21.4. The lowest BCUT2D eigenvalue weighted by atomic mass is 10.1. The Bertz CT molecular complexity index is 1750. The minimum atomic E-state index is -4.95. The van der Waals surface area contributed by atoms with E-state index in [0.29, 0.717) is 27.5 Å². The van der Waals surface area contributed by atoms with E-state index >= 15 is 0 Å². The van der Waals surface area contributed by atoms with Crippen molar-refractivity contribution in [3.8, 4) is 17.1 Å². The van der Waals surface area contributed by atoms with E-state index in [-0.39, 0.29) is 30.6 Å². The number of para-hydroxylation sites is 1. The zero-order valence-corrected chi connectivity index (χ0v) is 22.4. The molecule has 2 aromatic carbocycles. The first-order valence-electron chi connectivity index (χ1n) is 12.5. The number of benzene rings is 2. The van der Waals surface area contributed by atoms with Gasteiger partial charge in [-0.25, -0.2) is 19.1 Å². The molecule has 3 aromatic heterocycles. The standard InChI is InChI=1S/C27H22ClF3N8O3/c28-18-10-8-17(9-11-18)24-36-38(26(42)37(24)14-22(40)27(29,30)31)15-23-34-16-39(35-23)21-7-2-1-6-20(21)25(41)33-13-19-5-3-4-12-32-19/h1-12,16,22,40H,13-15H2,(H,33,41). The first-order chi connectivity index (χ1) is 20.1. The molecule has 0 spiro atoms. The van der Waals surface area contributed by atoms with Crippen LogP contribution in [0, 0.1) is 0 Å². The Kier molecular flexibility index (Phi) is 8.17. The molecule has 216 valence electrons. The van der Waals surface area contributed by atoms with Crippen molar-refractivity contribution >= 4 is 17.5 Å². The normalized spacial score (nSPS) is 12.3. The molecule has 0 saturated heterocycles. The van der Waals surface area contributed by atoms with Crippen LogP contribution in [-0.4, -0.2) is 57.4 Å². The molecule has 11 nitrogen and oxygen atoms in total. The van der Waals surface area contributed by atoms with Crippen LogP contribution in [0.15, 0.2) is 84.0 Å². The van der Waals surface area contributed by atoms with Crippen LogP contribution in [-0.2, 0) is 19.6 Å². The summed E-state index contributed by atoms with van der Waals surface area (Å²) >= 11 is 5.93. The van der Waals surface area contributed by atoms with Crippen LogP contribution < -0.4 is 11.0 Å². The van der Waals surface area contributed by atoms with E-state index in [9.17, 15) is 27.9 Å². The first kappa shape index (κ1) is 28.7. The number of rotatable bonds is 9. The predicted molar refractivity (Wildman–Crippen MR) is 145 cm³/mol. The minimum Gasteiger partial charge on any atom is -0.382 e. The average molecular weight is 599 g/mol. The maximum Gasteiger partial charge on any atom is 0.416 e. The van der Waals surface area contributed by atoms with Gasteiger partial charge in [-0.2, -0.15) is 13.2 Å². The fourth-order valence-electron chi connectivity index (χ4n) is 4.05. The zero-order valence-electron chi connectivity index (χ0n) is 21.6. The van der Waals surface area contributed by atoms with Crippen molar-refractivity contribution in [1.82, 2.24) is 39.4 Å². The van der Waals surface area contributed by atoms with Gasteiger partial charge >= 0.3 is 11.9 Å². The summed E-state index contributed by atoms with van der Waals surface area (Å²) in [6.45, 7) is -1.15. The van der Waals surface area contributed by atoms with E-state index < -0.39 is 24.5 Å². The van der Waals surface area contributed by atoms with Crippen LogP contribution in [0.3, 0.4) is 0 Å². The summed E-state index contributed by atoms with van der Waals surface area (Å²) in [7, 11) is 0. The number of aromatic nitrogens is 7. The lowest BCUT2D eigenvalue weighted by molar-refractivity contribution is -0.207. The molecule has 1 atom stereocenters. The van der Waals surface area contributed by atoms with E-state index in [4.69, 9.17) is 11.6 Å². The number of carbonyl (C=O) groups excluding carboxylic acids is 1. The molecule has 42 heavy (non-hydrogen) atoms. The van der Waals surface area contributed by atoms with Gasteiger partial charge in [0.2, 0.25) is 0 Å². The maximum atomic E-state index is 13.1. The van der Waals surface area contributed by atoms with Gasteiger partial charge in [-0.1, -0.05) is 29.8 Å². The van der Waals surface area contributed by atoms with Crippen molar-refractivity contribution in [1.29, 1.82) is 0 Å². The summed E-state index contributed by atoms with van der Waals surface area (Å²) in [5.41, 5.74) is 0.792. The molecule has 0 fully saturated rings. The Labute approximate surface area is 240 Å². The second kappa shape index (κ2) is 12.0. The summed E-state index contributed by atoms with van der Waals surface area (Å²) < 4.78 is 42.4. The molecular weight excluding hydrogens is 577 g/mol. The monoisotopic (exact) mass is 598 g/mol. The Morgan fingerprint density at radius 1 is 1.00 bits per heavy atom. The van der Waals surface area contributed by atoms with Gasteiger partial charge < -0.3 is 10.4 Å². The highest BCUT2D eigenvalue weighted by Crippen LogP contribution is 2.24. The topological polar surface area (TPSA) is 133 Å². The van der Waals surface area contributed by atoms with E-state index in [1.807, 2.05) is 6.07 Å². The largest absolute Gasteiger partial charge is 0.416 e. The molecule has 0 aliphatic carbocycles.